The van der Waals surface area contributed by atoms with Crippen molar-refractivity contribution in [3.63, 3.8) is 0 Å². The van der Waals surface area contributed by atoms with Gasteiger partial charge in [-0.05, 0) is 0 Å². The van der Waals surface area contributed by atoms with Crippen LogP contribution in [0.25, 0.3) is 0 Å². The number of aliphatic hydroxyl groups is 1. The van der Waals surface area contributed by atoms with E-state index in [2.05, 4.69) is 9.05 Å². The lowest BCUT2D eigenvalue weighted by Crippen LogP contribution is -2.05. The lowest BCUT2D eigenvalue weighted by molar-refractivity contribution is -0.135. The summed E-state index contributed by atoms with van der Waals surface area (Å²) in [5.41, 5.74) is 0. The zero-order valence-corrected chi connectivity index (χ0v) is 7.49. The number of aliphatic hydroxyl groups excluding tert-OH is 1. The molecule has 0 rings (SSSR count). The van der Waals surface area contributed by atoms with Gasteiger partial charge in [-0.2, -0.15) is 0 Å². The summed E-state index contributed by atoms with van der Waals surface area (Å²) >= 11 is 0. The minimum Gasteiger partial charge on any atom is -0.394 e. The second-order valence-electron chi connectivity index (χ2n) is 1.84. The maximum absolute atomic E-state index is 10.7. The molecule has 0 amide bonds. The summed E-state index contributed by atoms with van der Waals surface area (Å²) < 4.78 is 18.9. The summed E-state index contributed by atoms with van der Waals surface area (Å²) in [6, 6.07) is 0. The van der Waals surface area contributed by atoms with E-state index in [0.717, 1.165) is 0 Å². The topological polar surface area (TPSA) is 93.1 Å². The predicted octanol–water partition coefficient (Wildman–Crippen LogP) is 0.0489. The minimum absolute atomic E-state index is 0.00691. The average molecular weight is 198 g/mol. The van der Waals surface area contributed by atoms with Crippen molar-refractivity contribution in [3.8, 4) is 0 Å². The second-order valence-corrected chi connectivity index (χ2v) is 3.22. The molecule has 0 aromatic rings. The lowest BCUT2D eigenvalue weighted by atomic mass is 10.5. The first kappa shape index (κ1) is 11.6. The van der Waals surface area contributed by atoms with E-state index in [1.165, 1.54) is 6.92 Å². The molecule has 0 fully saturated rings. The third kappa shape index (κ3) is 5.26. The maximum atomic E-state index is 10.7. The van der Waals surface area contributed by atoms with Crippen LogP contribution in [0.4, 0.5) is 0 Å². The van der Waals surface area contributed by atoms with Crippen LogP contribution in [0.3, 0.4) is 0 Å². The van der Waals surface area contributed by atoms with E-state index in [1.54, 1.807) is 0 Å². The molecule has 2 N–H and O–H groups in total. The summed E-state index contributed by atoms with van der Waals surface area (Å²) in [6.07, 6.45) is -0.00691. The van der Waals surface area contributed by atoms with Crippen molar-refractivity contribution < 1.29 is 28.4 Å². The molecule has 1 unspecified atom stereocenters. The van der Waals surface area contributed by atoms with E-state index in [9.17, 15) is 9.36 Å². The van der Waals surface area contributed by atoms with Crippen molar-refractivity contribution in [3.05, 3.63) is 0 Å². The van der Waals surface area contributed by atoms with Gasteiger partial charge in [0.15, 0.2) is 0 Å². The summed E-state index contributed by atoms with van der Waals surface area (Å²) in [7, 11) is -4.29. The van der Waals surface area contributed by atoms with Gasteiger partial charge in [0.25, 0.3) is 0 Å². The van der Waals surface area contributed by atoms with Crippen molar-refractivity contribution in [2.45, 2.75) is 13.3 Å². The molecular formula is C5H11O6P. The van der Waals surface area contributed by atoms with Crippen molar-refractivity contribution in [1.29, 1.82) is 0 Å². The van der Waals surface area contributed by atoms with E-state index >= 15 is 0 Å². The van der Waals surface area contributed by atoms with E-state index < -0.39 is 20.4 Å². The normalized spacial score (nSPS) is 15.2. The van der Waals surface area contributed by atoms with E-state index in [4.69, 9.17) is 10.00 Å². The van der Waals surface area contributed by atoms with Crippen molar-refractivity contribution >= 4 is 13.8 Å². The third-order valence-corrected chi connectivity index (χ3v) is 1.79. The summed E-state index contributed by atoms with van der Waals surface area (Å²) in [6.45, 7) is 0.730. The number of carbonyl (C=O) groups is 1. The fourth-order valence-electron chi connectivity index (χ4n) is 0.376. The molecule has 6 nitrogen and oxygen atoms in total. The van der Waals surface area contributed by atoms with Crippen molar-refractivity contribution in [1.82, 2.24) is 0 Å². The summed E-state index contributed by atoms with van der Waals surface area (Å²) in [4.78, 5) is 19.2. The maximum Gasteiger partial charge on any atom is 0.529 e. The number of carbonyl (C=O) groups excluding carboxylic acids is 1. The van der Waals surface area contributed by atoms with Crippen LogP contribution in [-0.2, 0) is 18.4 Å². The smallest absolute Gasteiger partial charge is 0.394 e. The second kappa shape index (κ2) is 5.27. The number of rotatable bonds is 5. The third-order valence-electron chi connectivity index (χ3n) is 0.852. The van der Waals surface area contributed by atoms with Gasteiger partial charge in [0.05, 0.1) is 13.2 Å². The summed E-state index contributed by atoms with van der Waals surface area (Å²) in [5.74, 6) is -0.821. The van der Waals surface area contributed by atoms with E-state index in [1.807, 2.05) is 0 Å². The van der Waals surface area contributed by atoms with Gasteiger partial charge in [-0.1, -0.05) is 6.92 Å². The first-order valence-electron chi connectivity index (χ1n) is 3.32. The number of hydrogen-bond acceptors (Lipinski definition) is 5. The highest BCUT2D eigenvalue weighted by molar-refractivity contribution is 7.48. The Labute approximate surface area is 69.7 Å². The number of phosphoric ester groups is 1. The highest BCUT2D eigenvalue weighted by Gasteiger charge is 2.24. The molecule has 0 aliphatic rings. The number of hydrogen-bond donors (Lipinski definition) is 2. The minimum atomic E-state index is -4.29. The molecule has 12 heavy (non-hydrogen) atoms. The largest absolute Gasteiger partial charge is 0.529 e. The Hall–Kier alpha value is -0.420. The summed E-state index contributed by atoms with van der Waals surface area (Å²) in [5, 5.41) is 8.22. The van der Waals surface area contributed by atoms with Crippen LogP contribution in [0.15, 0.2) is 0 Å². The molecule has 1 atom stereocenters. The molecule has 0 saturated heterocycles. The standard InChI is InChI=1S/C5H11O6P/c1-2-5(7)11-12(8,9)10-4-3-6/h6H,2-4H2,1H3,(H,8,9). The van der Waals surface area contributed by atoms with Gasteiger partial charge in [0, 0.05) is 6.42 Å². The molecule has 7 heteroatoms. The molecule has 0 aromatic carbocycles. The molecule has 0 aliphatic carbocycles. The van der Waals surface area contributed by atoms with Crippen molar-refractivity contribution in [2.75, 3.05) is 13.2 Å². The van der Waals surface area contributed by atoms with Gasteiger partial charge < -0.3 is 9.63 Å². The predicted molar refractivity (Wildman–Crippen MR) is 39.2 cm³/mol. The Bertz CT molecular complexity index is 190. The fourth-order valence-corrected chi connectivity index (χ4v) is 1.13. The zero-order chi connectivity index (χ0) is 9.61. The molecule has 0 heterocycles. The Morgan fingerprint density at radius 1 is 1.58 bits per heavy atom. The van der Waals surface area contributed by atoms with Gasteiger partial charge in [-0.3, -0.25) is 14.2 Å². The van der Waals surface area contributed by atoms with Crippen LogP contribution < -0.4 is 0 Å². The average Bonchev–Trinajstić information content (AvgIpc) is 2.00. The van der Waals surface area contributed by atoms with Crippen molar-refractivity contribution in [2.24, 2.45) is 0 Å². The number of phosphoric acid groups is 1. The first-order chi connectivity index (χ1) is 5.52. The first-order valence-corrected chi connectivity index (χ1v) is 4.82. The molecule has 0 aromatic heterocycles. The zero-order valence-electron chi connectivity index (χ0n) is 6.60. The van der Waals surface area contributed by atoms with Gasteiger partial charge in [0.2, 0.25) is 0 Å². The fraction of sp³-hybridized carbons (Fsp3) is 0.800. The SMILES string of the molecule is CCC(=O)OP(=O)(O)OCCO. The highest BCUT2D eigenvalue weighted by atomic mass is 31.2. The van der Waals surface area contributed by atoms with E-state index in [-0.39, 0.29) is 13.0 Å². The van der Waals surface area contributed by atoms with Gasteiger partial charge >= 0.3 is 13.8 Å². The monoisotopic (exact) mass is 198 g/mol. The Kier molecular flexibility index (Phi) is 5.08. The Morgan fingerprint density at radius 2 is 2.17 bits per heavy atom. The molecule has 0 aliphatic heterocycles. The molecule has 0 radical (unpaired) electrons. The highest BCUT2D eigenvalue weighted by Crippen LogP contribution is 2.43. The Morgan fingerprint density at radius 3 is 2.58 bits per heavy atom. The van der Waals surface area contributed by atoms with Gasteiger partial charge in [-0.15, -0.1) is 0 Å². The molecule has 72 valence electrons. The quantitative estimate of drug-likeness (QED) is 0.606. The van der Waals surface area contributed by atoms with Crippen LogP contribution in [-0.4, -0.2) is 29.2 Å². The molecule has 0 saturated carbocycles. The van der Waals surface area contributed by atoms with E-state index in [0.29, 0.717) is 0 Å². The van der Waals surface area contributed by atoms with Crippen LogP contribution in [0.5, 0.6) is 0 Å². The lowest BCUT2D eigenvalue weighted by Gasteiger charge is -2.09. The van der Waals surface area contributed by atoms with Crippen LogP contribution in [0, 0.1) is 0 Å². The molecular weight excluding hydrogens is 187 g/mol. The molecule has 0 bridgehead atoms. The van der Waals surface area contributed by atoms with Crippen LogP contribution in [0.1, 0.15) is 13.3 Å². The van der Waals surface area contributed by atoms with Crippen LogP contribution >= 0.6 is 7.82 Å². The van der Waals surface area contributed by atoms with Gasteiger partial charge in [0.1, 0.15) is 0 Å². The molecule has 0 spiro atoms. The van der Waals surface area contributed by atoms with Crippen LogP contribution in [0.2, 0.25) is 0 Å². The Balaban J connectivity index is 3.87. The van der Waals surface area contributed by atoms with Gasteiger partial charge in [-0.25, -0.2) is 4.57 Å².